The normalized spacial score (nSPS) is 16.7. The van der Waals surface area contributed by atoms with Gasteiger partial charge in [-0.15, -0.1) is 0 Å². The summed E-state index contributed by atoms with van der Waals surface area (Å²) in [4.78, 5) is 12.0. The van der Waals surface area contributed by atoms with Crippen molar-refractivity contribution in [2.45, 2.75) is 39.5 Å². The van der Waals surface area contributed by atoms with Crippen LogP contribution >= 0.6 is 0 Å². The molecule has 0 spiro atoms. The summed E-state index contributed by atoms with van der Waals surface area (Å²) in [5.74, 6) is -0.881. The number of alkyl halides is 3. The van der Waals surface area contributed by atoms with Crippen LogP contribution in [0.15, 0.2) is 17.7 Å². The van der Waals surface area contributed by atoms with Gasteiger partial charge in [0.05, 0.1) is 18.8 Å². The molecule has 0 amide bonds. The number of hydrogen-bond donors (Lipinski definition) is 0. The van der Waals surface area contributed by atoms with E-state index in [0.717, 1.165) is 5.56 Å². The van der Waals surface area contributed by atoms with Crippen LogP contribution in [0.5, 0.6) is 5.75 Å². The fourth-order valence-corrected chi connectivity index (χ4v) is 2.69. The quantitative estimate of drug-likeness (QED) is 0.572. The molecule has 1 atom stereocenters. The van der Waals surface area contributed by atoms with Gasteiger partial charge in [0.2, 0.25) is 6.10 Å². The third-order valence-electron chi connectivity index (χ3n) is 3.70. The van der Waals surface area contributed by atoms with E-state index in [4.69, 9.17) is 14.2 Å². The van der Waals surface area contributed by atoms with Crippen LogP contribution in [0.1, 0.15) is 30.5 Å². The first-order valence-electron chi connectivity index (χ1n) is 8.11. The van der Waals surface area contributed by atoms with Gasteiger partial charge in [0.1, 0.15) is 5.75 Å². The Hall–Kier alpha value is -2.02. The summed E-state index contributed by atoms with van der Waals surface area (Å²) in [6, 6.07) is 3.46. The minimum Gasteiger partial charge on any atom is -0.475 e. The summed E-state index contributed by atoms with van der Waals surface area (Å²) in [7, 11) is 0. The van der Waals surface area contributed by atoms with E-state index in [2.05, 4.69) is 0 Å². The molecule has 0 N–H and O–H groups in total. The molecular formula is C18H21F3O4. The van der Waals surface area contributed by atoms with E-state index >= 15 is 0 Å². The molecule has 1 unspecified atom stereocenters. The second-order valence-electron chi connectivity index (χ2n) is 5.65. The van der Waals surface area contributed by atoms with E-state index in [-0.39, 0.29) is 12.4 Å². The predicted octanol–water partition coefficient (Wildman–Crippen LogP) is 3.84. The molecule has 1 heterocycles. The van der Waals surface area contributed by atoms with Crippen molar-refractivity contribution in [2.75, 3.05) is 19.8 Å². The molecule has 0 bridgehead atoms. The number of carbonyl (C=O) groups is 1. The predicted molar refractivity (Wildman–Crippen MR) is 86.5 cm³/mol. The van der Waals surface area contributed by atoms with Crippen molar-refractivity contribution in [1.29, 1.82) is 0 Å². The first-order chi connectivity index (χ1) is 11.8. The number of fused-ring (bicyclic) bond motifs is 1. The fraction of sp³-hybridized carbons (Fsp3) is 0.500. The zero-order valence-electron chi connectivity index (χ0n) is 14.4. The number of rotatable bonds is 6. The second-order valence-corrected chi connectivity index (χ2v) is 5.65. The topological polar surface area (TPSA) is 44.8 Å². The molecule has 0 aromatic heterocycles. The SMILES string of the molecule is CCOCCc1cc(C)cc2c1OC(C(F)(F)F)C(C(=O)OCC)=C2. The van der Waals surface area contributed by atoms with E-state index in [0.29, 0.717) is 30.8 Å². The largest absolute Gasteiger partial charge is 0.475 e. The highest BCUT2D eigenvalue weighted by molar-refractivity contribution is 5.96. The van der Waals surface area contributed by atoms with E-state index in [1.165, 1.54) is 13.0 Å². The van der Waals surface area contributed by atoms with Gasteiger partial charge in [0.15, 0.2) is 0 Å². The third kappa shape index (κ3) is 4.54. The van der Waals surface area contributed by atoms with Crippen molar-refractivity contribution < 1.29 is 32.2 Å². The molecular weight excluding hydrogens is 337 g/mol. The Bertz CT molecular complexity index is 665. The van der Waals surface area contributed by atoms with Gasteiger partial charge in [-0.3, -0.25) is 0 Å². The average molecular weight is 358 g/mol. The van der Waals surface area contributed by atoms with Gasteiger partial charge < -0.3 is 14.2 Å². The summed E-state index contributed by atoms with van der Waals surface area (Å²) in [6.45, 7) is 6.10. The first kappa shape index (κ1) is 19.3. The van der Waals surface area contributed by atoms with Gasteiger partial charge in [-0.2, -0.15) is 13.2 Å². The molecule has 1 aromatic carbocycles. The Morgan fingerprint density at radius 1 is 1.24 bits per heavy atom. The minimum atomic E-state index is -4.72. The summed E-state index contributed by atoms with van der Waals surface area (Å²) in [5, 5.41) is 0. The lowest BCUT2D eigenvalue weighted by Gasteiger charge is -2.29. The van der Waals surface area contributed by atoms with Crippen molar-refractivity contribution >= 4 is 12.0 Å². The average Bonchev–Trinajstić information content (AvgIpc) is 2.53. The molecule has 2 rings (SSSR count). The lowest BCUT2D eigenvalue weighted by molar-refractivity contribution is -0.188. The number of benzene rings is 1. The zero-order valence-corrected chi connectivity index (χ0v) is 14.4. The maximum absolute atomic E-state index is 13.4. The summed E-state index contributed by atoms with van der Waals surface area (Å²) in [5.41, 5.74) is 1.38. The van der Waals surface area contributed by atoms with Crippen LogP contribution in [0, 0.1) is 6.92 Å². The van der Waals surface area contributed by atoms with Gasteiger partial charge in [0.25, 0.3) is 0 Å². The van der Waals surface area contributed by atoms with Crippen molar-refractivity contribution in [2.24, 2.45) is 0 Å². The Kier molecular flexibility index (Phi) is 6.11. The Morgan fingerprint density at radius 2 is 1.96 bits per heavy atom. The van der Waals surface area contributed by atoms with Crippen LogP contribution < -0.4 is 4.74 Å². The molecule has 25 heavy (non-hydrogen) atoms. The number of carbonyl (C=O) groups excluding carboxylic acids is 1. The third-order valence-corrected chi connectivity index (χ3v) is 3.70. The molecule has 0 radical (unpaired) electrons. The molecule has 1 aromatic rings. The smallest absolute Gasteiger partial charge is 0.430 e. The van der Waals surface area contributed by atoms with Crippen LogP contribution in [0.4, 0.5) is 13.2 Å². The second kappa shape index (κ2) is 7.91. The van der Waals surface area contributed by atoms with Crippen LogP contribution in [0.3, 0.4) is 0 Å². The Morgan fingerprint density at radius 3 is 2.56 bits per heavy atom. The molecule has 4 nitrogen and oxygen atoms in total. The number of aryl methyl sites for hydroxylation is 1. The summed E-state index contributed by atoms with van der Waals surface area (Å²) >= 11 is 0. The van der Waals surface area contributed by atoms with Gasteiger partial charge in [-0.05, 0) is 50.5 Å². The lowest BCUT2D eigenvalue weighted by atomic mass is 9.96. The van der Waals surface area contributed by atoms with E-state index in [1.807, 2.05) is 13.8 Å². The number of halogens is 3. The first-order valence-corrected chi connectivity index (χ1v) is 8.11. The van der Waals surface area contributed by atoms with Crippen LogP contribution in [-0.4, -0.2) is 38.1 Å². The van der Waals surface area contributed by atoms with Crippen LogP contribution in [0.25, 0.3) is 6.08 Å². The van der Waals surface area contributed by atoms with Gasteiger partial charge in [0, 0.05) is 12.2 Å². The van der Waals surface area contributed by atoms with Crippen molar-refractivity contribution in [1.82, 2.24) is 0 Å². The number of esters is 1. The highest BCUT2D eigenvalue weighted by Gasteiger charge is 2.49. The molecule has 7 heteroatoms. The molecule has 0 saturated heterocycles. The maximum Gasteiger partial charge on any atom is 0.430 e. The molecule has 0 saturated carbocycles. The van der Waals surface area contributed by atoms with Gasteiger partial charge in [-0.25, -0.2) is 4.79 Å². The molecule has 0 fully saturated rings. The van der Waals surface area contributed by atoms with E-state index < -0.39 is 23.8 Å². The van der Waals surface area contributed by atoms with Crippen molar-refractivity contribution in [3.8, 4) is 5.75 Å². The van der Waals surface area contributed by atoms with Crippen LogP contribution in [0.2, 0.25) is 0 Å². The summed E-state index contributed by atoms with van der Waals surface area (Å²) < 4.78 is 55.5. The Balaban J connectivity index is 2.47. The zero-order chi connectivity index (χ0) is 18.6. The van der Waals surface area contributed by atoms with Crippen molar-refractivity contribution in [3.63, 3.8) is 0 Å². The molecule has 1 aliphatic heterocycles. The van der Waals surface area contributed by atoms with Crippen LogP contribution in [-0.2, 0) is 20.7 Å². The highest BCUT2D eigenvalue weighted by atomic mass is 19.4. The number of hydrogen-bond acceptors (Lipinski definition) is 4. The monoisotopic (exact) mass is 358 g/mol. The van der Waals surface area contributed by atoms with E-state index in [9.17, 15) is 18.0 Å². The number of ether oxygens (including phenoxy) is 3. The van der Waals surface area contributed by atoms with Gasteiger partial charge >= 0.3 is 12.1 Å². The molecule has 138 valence electrons. The summed E-state index contributed by atoms with van der Waals surface area (Å²) in [6.07, 6.45) is -5.43. The lowest BCUT2D eigenvalue weighted by Crippen LogP contribution is -2.41. The fourth-order valence-electron chi connectivity index (χ4n) is 2.69. The van der Waals surface area contributed by atoms with E-state index in [1.54, 1.807) is 12.1 Å². The standard InChI is InChI=1S/C18H21F3O4/c1-4-23-7-6-12-8-11(3)9-13-10-14(17(22)24-5-2)16(18(19,20)21)25-15(12)13/h8-10,16H,4-7H2,1-3H3. The molecule has 0 aliphatic carbocycles. The molecule has 1 aliphatic rings. The maximum atomic E-state index is 13.4. The highest BCUT2D eigenvalue weighted by Crippen LogP contribution is 2.40. The minimum absolute atomic E-state index is 0.0129. The van der Waals surface area contributed by atoms with Crippen molar-refractivity contribution in [3.05, 3.63) is 34.4 Å². The Labute approximate surface area is 144 Å². The van der Waals surface area contributed by atoms with Gasteiger partial charge in [-0.1, -0.05) is 6.07 Å².